The van der Waals surface area contributed by atoms with Crippen molar-refractivity contribution < 1.29 is 9.21 Å². The standard InChI is InChI=1S/C14H14N4O3S/c1-18(2)13(19)15-6-12-16-10(7-22-12)8-3-4-9-11(5-8)21-14(20)17-9/h3-5,7H,6H2,1-2H3,(H,15,19)(H,17,20). The smallest absolute Gasteiger partial charge is 0.408 e. The Morgan fingerprint density at radius 2 is 2.27 bits per heavy atom. The largest absolute Gasteiger partial charge is 0.417 e. The molecule has 0 aliphatic heterocycles. The lowest BCUT2D eigenvalue weighted by atomic mass is 10.1. The topological polar surface area (TPSA) is 91.2 Å². The molecule has 2 heterocycles. The first-order valence-electron chi connectivity index (χ1n) is 6.56. The van der Waals surface area contributed by atoms with Gasteiger partial charge in [-0.1, -0.05) is 6.07 Å². The summed E-state index contributed by atoms with van der Waals surface area (Å²) in [7, 11) is 3.37. The van der Waals surface area contributed by atoms with Crippen molar-refractivity contribution in [1.82, 2.24) is 20.2 Å². The maximum Gasteiger partial charge on any atom is 0.417 e. The zero-order valence-corrected chi connectivity index (χ0v) is 12.9. The SMILES string of the molecule is CN(C)C(=O)NCc1nc(-c2ccc3[nH]c(=O)oc3c2)cs1. The highest BCUT2D eigenvalue weighted by atomic mass is 32.1. The molecule has 114 valence electrons. The Morgan fingerprint density at radius 3 is 3.05 bits per heavy atom. The molecule has 3 rings (SSSR count). The summed E-state index contributed by atoms with van der Waals surface area (Å²) in [5, 5.41) is 5.48. The molecule has 1 aromatic carbocycles. The van der Waals surface area contributed by atoms with Gasteiger partial charge < -0.3 is 14.6 Å². The molecule has 22 heavy (non-hydrogen) atoms. The number of hydrogen-bond donors (Lipinski definition) is 2. The number of aromatic amines is 1. The Morgan fingerprint density at radius 1 is 1.45 bits per heavy atom. The van der Waals surface area contributed by atoms with E-state index in [4.69, 9.17) is 4.42 Å². The number of aromatic nitrogens is 2. The van der Waals surface area contributed by atoms with Crippen LogP contribution in [-0.4, -0.2) is 35.0 Å². The lowest BCUT2D eigenvalue weighted by molar-refractivity contribution is 0.217. The molecule has 0 saturated carbocycles. The van der Waals surface area contributed by atoms with Crippen LogP contribution in [0, 0.1) is 0 Å². The summed E-state index contributed by atoms with van der Waals surface area (Å²) < 4.78 is 5.04. The van der Waals surface area contributed by atoms with Gasteiger partial charge in [-0.05, 0) is 12.1 Å². The molecule has 3 aromatic rings. The molecule has 0 unspecified atom stereocenters. The van der Waals surface area contributed by atoms with Gasteiger partial charge >= 0.3 is 11.8 Å². The van der Waals surface area contributed by atoms with E-state index < -0.39 is 5.76 Å². The normalized spacial score (nSPS) is 10.8. The molecule has 2 amide bonds. The average molecular weight is 318 g/mol. The number of H-pyrrole nitrogens is 1. The second kappa shape index (κ2) is 5.64. The Hall–Kier alpha value is -2.61. The number of thiazole rings is 1. The van der Waals surface area contributed by atoms with Gasteiger partial charge in [0.15, 0.2) is 5.58 Å². The molecule has 2 aromatic heterocycles. The third kappa shape index (κ3) is 2.86. The minimum Gasteiger partial charge on any atom is -0.408 e. The Bertz CT molecular complexity index is 877. The first-order valence-corrected chi connectivity index (χ1v) is 7.44. The van der Waals surface area contributed by atoms with Crippen LogP contribution in [0.5, 0.6) is 0 Å². The zero-order valence-electron chi connectivity index (χ0n) is 12.0. The quantitative estimate of drug-likeness (QED) is 0.773. The van der Waals surface area contributed by atoms with Crippen molar-refractivity contribution in [2.24, 2.45) is 0 Å². The van der Waals surface area contributed by atoms with Gasteiger partial charge in [0.25, 0.3) is 0 Å². The van der Waals surface area contributed by atoms with Gasteiger partial charge in [-0.2, -0.15) is 0 Å². The van der Waals surface area contributed by atoms with Gasteiger partial charge in [-0.15, -0.1) is 11.3 Å². The number of urea groups is 1. The van der Waals surface area contributed by atoms with Crippen molar-refractivity contribution >= 4 is 28.5 Å². The summed E-state index contributed by atoms with van der Waals surface area (Å²) in [6.07, 6.45) is 0. The van der Waals surface area contributed by atoms with Gasteiger partial charge in [0.2, 0.25) is 0 Å². The van der Waals surface area contributed by atoms with Crippen LogP contribution in [-0.2, 0) is 6.54 Å². The maximum absolute atomic E-state index is 11.5. The monoisotopic (exact) mass is 318 g/mol. The number of carbonyl (C=O) groups is 1. The van der Waals surface area contributed by atoms with Crippen LogP contribution in [0.25, 0.3) is 22.4 Å². The average Bonchev–Trinajstić information content (AvgIpc) is 3.08. The van der Waals surface area contributed by atoms with E-state index in [2.05, 4.69) is 15.3 Å². The third-order valence-electron chi connectivity index (χ3n) is 3.07. The van der Waals surface area contributed by atoms with Gasteiger partial charge in [0, 0.05) is 25.0 Å². The van der Waals surface area contributed by atoms with E-state index in [0.29, 0.717) is 17.6 Å². The molecule has 7 nitrogen and oxygen atoms in total. The molecule has 0 aliphatic carbocycles. The molecule has 8 heteroatoms. The predicted molar refractivity (Wildman–Crippen MR) is 83.9 cm³/mol. The molecule has 0 radical (unpaired) electrons. The fourth-order valence-corrected chi connectivity index (χ4v) is 2.68. The number of hydrogen-bond acceptors (Lipinski definition) is 5. The molecule has 0 saturated heterocycles. The molecular formula is C14H14N4O3S. The number of benzene rings is 1. The van der Waals surface area contributed by atoms with E-state index in [1.807, 2.05) is 11.4 Å². The summed E-state index contributed by atoms with van der Waals surface area (Å²) in [5.41, 5.74) is 2.79. The first-order chi connectivity index (χ1) is 10.5. The van der Waals surface area contributed by atoms with E-state index in [1.54, 1.807) is 26.2 Å². The zero-order chi connectivity index (χ0) is 15.7. The van der Waals surface area contributed by atoms with Crippen LogP contribution >= 0.6 is 11.3 Å². The Kier molecular flexibility index (Phi) is 3.68. The van der Waals surface area contributed by atoms with E-state index in [1.165, 1.54) is 16.2 Å². The molecule has 0 atom stereocenters. The number of carbonyl (C=O) groups excluding carboxylic acids is 1. The second-order valence-corrected chi connectivity index (χ2v) is 5.85. The fraction of sp³-hybridized carbons (Fsp3) is 0.214. The van der Waals surface area contributed by atoms with Gasteiger partial charge in [-0.3, -0.25) is 4.98 Å². The number of rotatable bonds is 3. The maximum atomic E-state index is 11.5. The van der Waals surface area contributed by atoms with Crippen LogP contribution in [0.15, 0.2) is 32.8 Å². The predicted octanol–water partition coefficient (Wildman–Crippen LogP) is 2.02. The number of oxazole rings is 1. The van der Waals surface area contributed by atoms with Crippen LogP contribution in [0.3, 0.4) is 0 Å². The van der Waals surface area contributed by atoms with Crippen LogP contribution in [0.4, 0.5) is 4.79 Å². The molecule has 2 N–H and O–H groups in total. The molecule has 0 aliphatic rings. The van der Waals surface area contributed by atoms with Crippen LogP contribution in [0.2, 0.25) is 0 Å². The van der Waals surface area contributed by atoms with E-state index >= 15 is 0 Å². The van der Waals surface area contributed by atoms with Crippen molar-refractivity contribution in [3.8, 4) is 11.3 Å². The van der Waals surface area contributed by atoms with Crippen LogP contribution < -0.4 is 11.1 Å². The minimum atomic E-state index is -0.475. The highest BCUT2D eigenvalue weighted by Crippen LogP contribution is 2.24. The molecule has 0 fully saturated rings. The lowest BCUT2D eigenvalue weighted by Crippen LogP contribution is -2.33. The van der Waals surface area contributed by atoms with Crippen molar-refractivity contribution in [2.45, 2.75) is 6.54 Å². The number of nitrogens with one attached hydrogen (secondary N) is 2. The van der Waals surface area contributed by atoms with Gasteiger partial charge in [-0.25, -0.2) is 14.6 Å². The summed E-state index contributed by atoms with van der Waals surface area (Å²) >= 11 is 1.46. The summed E-state index contributed by atoms with van der Waals surface area (Å²) in [6, 6.07) is 5.25. The highest BCUT2D eigenvalue weighted by molar-refractivity contribution is 7.09. The summed E-state index contributed by atoms with van der Waals surface area (Å²) in [4.78, 5) is 31.2. The van der Waals surface area contributed by atoms with E-state index in [0.717, 1.165) is 16.3 Å². The van der Waals surface area contributed by atoms with Crippen molar-refractivity contribution in [3.05, 3.63) is 39.1 Å². The lowest BCUT2D eigenvalue weighted by Gasteiger charge is -2.10. The van der Waals surface area contributed by atoms with Gasteiger partial charge in [0.1, 0.15) is 5.01 Å². The highest BCUT2D eigenvalue weighted by Gasteiger charge is 2.09. The van der Waals surface area contributed by atoms with Crippen molar-refractivity contribution in [1.29, 1.82) is 0 Å². The fourth-order valence-electron chi connectivity index (χ4n) is 1.94. The number of nitrogens with zero attached hydrogens (tertiary/aromatic N) is 2. The van der Waals surface area contributed by atoms with Crippen molar-refractivity contribution in [2.75, 3.05) is 14.1 Å². The molecule has 0 spiro atoms. The minimum absolute atomic E-state index is 0.160. The first kappa shape index (κ1) is 14.3. The van der Waals surface area contributed by atoms with Crippen LogP contribution in [0.1, 0.15) is 5.01 Å². The number of amides is 2. The molecular weight excluding hydrogens is 304 g/mol. The second-order valence-electron chi connectivity index (χ2n) is 4.91. The Balaban J connectivity index is 1.79. The summed E-state index contributed by atoms with van der Waals surface area (Å²) in [5.74, 6) is -0.475. The molecule has 0 bridgehead atoms. The Labute approximate surface area is 129 Å². The van der Waals surface area contributed by atoms with E-state index in [9.17, 15) is 9.59 Å². The van der Waals surface area contributed by atoms with Gasteiger partial charge in [0.05, 0.1) is 17.8 Å². The number of fused-ring (bicyclic) bond motifs is 1. The third-order valence-corrected chi connectivity index (χ3v) is 3.91. The van der Waals surface area contributed by atoms with E-state index in [-0.39, 0.29) is 6.03 Å². The summed E-state index contributed by atoms with van der Waals surface area (Å²) in [6.45, 7) is 0.378. The van der Waals surface area contributed by atoms with Crippen molar-refractivity contribution in [3.63, 3.8) is 0 Å².